The van der Waals surface area contributed by atoms with Crippen molar-refractivity contribution in [3.05, 3.63) is 51.1 Å². The van der Waals surface area contributed by atoms with Gasteiger partial charge in [0.1, 0.15) is 5.82 Å². The molecule has 126 valence electrons. The molecular weight excluding hydrogens is 300 g/mol. The van der Waals surface area contributed by atoms with Crippen molar-refractivity contribution in [1.82, 2.24) is 14.8 Å². The smallest absolute Gasteiger partial charge is 0.296 e. The number of benzene rings is 1. The minimum absolute atomic E-state index is 0.0206. The summed E-state index contributed by atoms with van der Waals surface area (Å²) < 4.78 is 1.79. The molecule has 3 heterocycles. The molecule has 0 radical (unpaired) electrons. The summed E-state index contributed by atoms with van der Waals surface area (Å²) in [6, 6.07) is 6.75. The Bertz CT molecular complexity index is 847. The number of anilines is 1. The van der Waals surface area contributed by atoms with Crippen LogP contribution in [0.1, 0.15) is 49.7 Å². The van der Waals surface area contributed by atoms with Gasteiger partial charge in [-0.05, 0) is 34.9 Å². The predicted molar refractivity (Wildman–Crippen MR) is 94.5 cm³/mol. The third kappa shape index (κ3) is 2.52. The Labute approximate surface area is 142 Å². The van der Waals surface area contributed by atoms with Gasteiger partial charge in [-0.1, -0.05) is 39.0 Å². The summed E-state index contributed by atoms with van der Waals surface area (Å²) >= 11 is 0. The maximum Gasteiger partial charge on any atom is 0.296 e. The van der Waals surface area contributed by atoms with Crippen molar-refractivity contribution < 1.29 is 0 Å². The number of rotatable bonds is 1. The molecule has 0 saturated heterocycles. The fraction of sp³-hybridized carbons (Fsp3) is 0.526. The highest BCUT2D eigenvalue weighted by molar-refractivity contribution is 5.44. The van der Waals surface area contributed by atoms with Gasteiger partial charge in [0, 0.05) is 26.1 Å². The van der Waals surface area contributed by atoms with Gasteiger partial charge in [-0.3, -0.25) is 9.36 Å². The minimum Gasteiger partial charge on any atom is -0.346 e. The molecule has 5 nitrogen and oxygen atoms in total. The van der Waals surface area contributed by atoms with Crippen molar-refractivity contribution in [1.29, 1.82) is 0 Å². The molecule has 2 aliphatic heterocycles. The third-order valence-corrected chi connectivity index (χ3v) is 5.17. The second-order valence-electron chi connectivity index (χ2n) is 7.91. The first kappa shape index (κ1) is 15.4. The van der Waals surface area contributed by atoms with E-state index in [1.54, 1.807) is 4.57 Å². The zero-order chi connectivity index (χ0) is 16.9. The van der Waals surface area contributed by atoms with Crippen LogP contribution in [-0.2, 0) is 31.3 Å². The van der Waals surface area contributed by atoms with Crippen molar-refractivity contribution in [2.75, 3.05) is 11.4 Å². The number of hydrogen-bond donors (Lipinski definition) is 0. The molecule has 0 saturated carbocycles. The number of aryl methyl sites for hydroxylation is 1. The molecule has 1 aromatic carbocycles. The largest absolute Gasteiger partial charge is 0.346 e. The van der Waals surface area contributed by atoms with Crippen LogP contribution in [0.2, 0.25) is 0 Å². The quantitative estimate of drug-likeness (QED) is 0.808. The second kappa shape index (κ2) is 5.43. The van der Waals surface area contributed by atoms with E-state index in [0.29, 0.717) is 5.82 Å². The highest BCUT2D eigenvalue weighted by atomic mass is 16.1. The van der Waals surface area contributed by atoms with Crippen LogP contribution in [0.4, 0.5) is 5.82 Å². The Hall–Kier alpha value is -2.17. The molecule has 0 atom stereocenters. The molecule has 2 aliphatic rings. The van der Waals surface area contributed by atoms with Gasteiger partial charge in [-0.15, -0.1) is 10.2 Å². The van der Waals surface area contributed by atoms with Gasteiger partial charge < -0.3 is 4.90 Å². The molecule has 0 aliphatic carbocycles. The van der Waals surface area contributed by atoms with E-state index in [1.807, 2.05) is 0 Å². The standard InChI is InChI=1S/C19H24N4O/c1-19(2,3)15-7-6-14-12-22(10-8-13(14)11-15)17-18(24)23-9-4-5-16(23)20-21-17/h6-7,11H,4-5,8-10,12H2,1-3H3. The zero-order valence-electron chi connectivity index (χ0n) is 14.7. The fourth-order valence-electron chi connectivity index (χ4n) is 3.65. The monoisotopic (exact) mass is 324 g/mol. The van der Waals surface area contributed by atoms with Crippen LogP contribution in [0.5, 0.6) is 0 Å². The fourth-order valence-corrected chi connectivity index (χ4v) is 3.65. The van der Waals surface area contributed by atoms with Crippen LogP contribution in [0.15, 0.2) is 23.0 Å². The van der Waals surface area contributed by atoms with E-state index in [2.05, 4.69) is 54.1 Å². The molecule has 2 aromatic rings. The average Bonchev–Trinajstić information content (AvgIpc) is 3.03. The first-order valence-electron chi connectivity index (χ1n) is 8.77. The van der Waals surface area contributed by atoms with Crippen LogP contribution in [-0.4, -0.2) is 21.3 Å². The minimum atomic E-state index is 0.0206. The molecule has 5 heteroatoms. The maximum absolute atomic E-state index is 12.7. The molecule has 1 aromatic heterocycles. The van der Waals surface area contributed by atoms with Crippen LogP contribution in [0.25, 0.3) is 0 Å². The van der Waals surface area contributed by atoms with Gasteiger partial charge in [0.2, 0.25) is 5.82 Å². The highest BCUT2D eigenvalue weighted by Gasteiger charge is 2.25. The van der Waals surface area contributed by atoms with E-state index in [0.717, 1.165) is 44.7 Å². The lowest BCUT2D eigenvalue weighted by Gasteiger charge is -2.30. The Morgan fingerprint density at radius 2 is 1.88 bits per heavy atom. The molecule has 0 spiro atoms. The molecule has 4 rings (SSSR count). The lowest BCUT2D eigenvalue weighted by atomic mass is 9.84. The first-order valence-corrected chi connectivity index (χ1v) is 8.77. The summed E-state index contributed by atoms with van der Waals surface area (Å²) in [5, 5.41) is 8.51. The lowest BCUT2D eigenvalue weighted by molar-refractivity contribution is 0.586. The number of hydrogen-bond acceptors (Lipinski definition) is 4. The molecular formula is C19H24N4O. The Morgan fingerprint density at radius 3 is 2.67 bits per heavy atom. The van der Waals surface area contributed by atoms with Crippen molar-refractivity contribution in [2.45, 2.75) is 58.5 Å². The molecule has 0 amide bonds. The Morgan fingerprint density at radius 1 is 1.04 bits per heavy atom. The summed E-state index contributed by atoms with van der Waals surface area (Å²) in [4.78, 5) is 14.8. The molecule has 0 N–H and O–H groups in total. The van der Waals surface area contributed by atoms with Crippen molar-refractivity contribution in [2.24, 2.45) is 0 Å². The first-order chi connectivity index (χ1) is 11.4. The number of aromatic nitrogens is 3. The van der Waals surface area contributed by atoms with Crippen LogP contribution in [0, 0.1) is 0 Å². The molecule has 0 unspecified atom stereocenters. The number of nitrogens with zero attached hydrogens (tertiary/aromatic N) is 4. The molecule has 24 heavy (non-hydrogen) atoms. The summed E-state index contributed by atoms with van der Waals surface area (Å²) in [6.07, 6.45) is 2.80. The van der Waals surface area contributed by atoms with Gasteiger partial charge in [0.05, 0.1) is 0 Å². The van der Waals surface area contributed by atoms with E-state index in [-0.39, 0.29) is 11.0 Å². The van der Waals surface area contributed by atoms with Crippen LogP contribution >= 0.6 is 0 Å². The summed E-state index contributed by atoms with van der Waals surface area (Å²) in [5.41, 5.74) is 4.24. The van der Waals surface area contributed by atoms with E-state index in [1.165, 1.54) is 16.7 Å². The van der Waals surface area contributed by atoms with Gasteiger partial charge in [0.25, 0.3) is 5.56 Å². The lowest BCUT2D eigenvalue weighted by Crippen LogP contribution is -2.38. The van der Waals surface area contributed by atoms with Gasteiger partial charge in [-0.25, -0.2) is 0 Å². The van der Waals surface area contributed by atoms with Crippen LogP contribution in [0.3, 0.4) is 0 Å². The van der Waals surface area contributed by atoms with Crippen molar-refractivity contribution in [3.8, 4) is 0 Å². The normalized spacial score (nSPS) is 16.9. The summed E-state index contributed by atoms with van der Waals surface area (Å²) in [6.45, 7) is 9.06. The van der Waals surface area contributed by atoms with E-state index in [9.17, 15) is 4.79 Å². The Kier molecular flexibility index (Phi) is 3.48. The predicted octanol–water partition coefficient (Wildman–Crippen LogP) is 2.44. The zero-order valence-corrected chi connectivity index (χ0v) is 14.7. The number of fused-ring (bicyclic) bond motifs is 2. The van der Waals surface area contributed by atoms with E-state index >= 15 is 0 Å². The topological polar surface area (TPSA) is 51.0 Å². The summed E-state index contributed by atoms with van der Waals surface area (Å²) in [7, 11) is 0. The van der Waals surface area contributed by atoms with Crippen LogP contribution < -0.4 is 10.5 Å². The molecule has 0 fully saturated rings. The second-order valence-corrected chi connectivity index (χ2v) is 7.91. The summed E-state index contributed by atoms with van der Waals surface area (Å²) in [5.74, 6) is 1.34. The highest BCUT2D eigenvalue weighted by Crippen LogP contribution is 2.28. The Balaban J connectivity index is 1.65. The van der Waals surface area contributed by atoms with E-state index < -0.39 is 0 Å². The maximum atomic E-state index is 12.7. The van der Waals surface area contributed by atoms with Crippen molar-refractivity contribution >= 4 is 5.82 Å². The third-order valence-electron chi connectivity index (χ3n) is 5.17. The van der Waals surface area contributed by atoms with Crippen molar-refractivity contribution in [3.63, 3.8) is 0 Å². The van der Waals surface area contributed by atoms with Gasteiger partial charge in [-0.2, -0.15) is 0 Å². The van der Waals surface area contributed by atoms with Gasteiger partial charge in [0.15, 0.2) is 0 Å². The van der Waals surface area contributed by atoms with Gasteiger partial charge >= 0.3 is 0 Å². The van der Waals surface area contributed by atoms with E-state index in [4.69, 9.17) is 0 Å². The SMILES string of the molecule is CC(C)(C)c1ccc2c(c1)CCN(c1nnc3n(c1=O)CCC3)C2. The average molecular weight is 324 g/mol. The molecule has 0 bridgehead atoms.